The Bertz CT molecular complexity index is 477. The van der Waals surface area contributed by atoms with Crippen molar-refractivity contribution in [3.63, 3.8) is 0 Å². The molecule has 0 spiro atoms. The number of hydrogen-bond donors (Lipinski definition) is 2. The normalized spacial score (nSPS) is 11.3. The average Bonchev–Trinajstić information content (AvgIpc) is 2.44. The highest BCUT2D eigenvalue weighted by Gasteiger charge is 2.11. The molecule has 0 fully saturated rings. The Labute approximate surface area is 118 Å². The molecule has 1 aromatic rings. The number of benzene rings is 1. The smallest absolute Gasteiger partial charge is 0.251 e. The van der Waals surface area contributed by atoms with Gasteiger partial charge in [-0.25, -0.2) is 0 Å². The minimum absolute atomic E-state index is 0.0754. The molecule has 1 rings (SSSR count). The second-order valence-corrected chi connectivity index (χ2v) is 4.99. The molecule has 3 nitrogen and oxygen atoms in total. The number of nitrogens with one attached hydrogen (secondary N) is 1. The first-order valence-corrected chi connectivity index (χ1v) is 7.60. The zero-order valence-corrected chi connectivity index (χ0v) is 12.1. The predicted molar refractivity (Wildman–Crippen MR) is 80.3 cm³/mol. The minimum atomic E-state index is -0.179. The molecular formula is C15H19NO2S. The first-order valence-electron chi connectivity index (χ1n) is 6.20. The lowest BCUT2D eigenvalue weighted by Gasteiger charge is -2.15. The van der Waals surface area contributed by atoms with E-state index < -0.39 is 0 Å². The molecule has 0 saturated carbocycles. The van der Waals surface area contributed by atoms with E-state index in [9.17, 15) is 4.79 Å². The highest BCUT2D eigenvalue weighted by Crippen LogP contribution is 2.07. The quantitative estimate of drug-likeness (QED) is 0.808. The molecule has 102 valence electrons. The zero-order valence-electron chi connectivity index (χ0n) is 11.3. The van der Waals surface area contributed by atoms with E-state index in [1.807, 2.05) is 12.3 Å². The van der Waals surface area contributed by atoms with Crippen molar-refractivity contribution in [2.45, 2.75) is 19.4 Å². The van der Waals surface area contributed by atoms with Gasteiger partial charge in [0.25, 0.3) is 5.91 Å². The summed E-state index contributed by atoms with van der Waals surface area (Å²) in [6.45, 7) is 1.88. The standard InChI is InChI=1S/C15H19NO2S/c1-3-14(11-19-2)16-15(18)13-8-4-6-12(10-13)7-5-9-17/h4,6,8,10,14,17H,3,9,11H2,1-2H3,(H,16,18). The minimum Gasteiger partial charge on any atom is -0.384 e. The van der Waals surface area contributed by atoms with Crippen molar-refractivity contribution >= 4 is 17.7 Å². The number of carbonyl (C=O) groups excluding carboxylic acids is 1. The molecule has 1 unspecified atom stereocenters. The van der Waals surface area contributed by atoms with Crippen LogP contribution in [0.1, 0.15) is 29.3 Å². The summed E-state index contributed by atoms with van der Waals surface area (Å²) >= 11 is 1.72. The Morgan fingerprint density at radius 2 is 2.32 bits per heavy atom. The third-order valence-corrected chi connectivity index (χ3v) is 3.37. The lowest BCUT2D eigenvalue weighted by molar-refractivity contribution is 0.0940. The van der Waals surface area contributed by atoms with Crippen LogP contribution in [0.2, 0.25) is 0 Å². The third-order valence-electron chi connectivity index (χ3n) is 2.63. The van der Waals surface area contributed by atoms with E-state index in [-0.39, 0.29) is 18.6 Å². The van der Waals surface area contributed by atoms with Gasteiger partial charge in [-0.05, 0) is 30.9 Å². The van der Waals surface area contributed by atoms with Gasteiger partial charge in [0.05, 0.1) is 0 Å². The summed E-state index contributed by atoms with van der Waals surface area (Å²) in [4.78, 5) is 12.1. The van der Waals surface area contributed by atoms with Crippen LogP contribution in [0.5, 0.6) is 0 Å². The largest absolute Gasteiger partial charge is 0.384 e. The summed E-state index contributed by atoms with van der Waals surface area (Å²) in [5.41, 5.74) is 1.34. The van der Waals surface area contributed by atoms with Crippen LogP contribution in [0.25, 0.3) is 0 Å². The predicted octanol–water partition coefficient (Wildman–Crippen LogP) is 1.90. The van der Waals surface area contributed by atoms with Crippen molar-refractivity contribution in [2.24, 2.45) is 0 Å². The van der Waals surface area contributed by atoms with E-state index in [2.05, 4.69) is 24.1 Å². The maximum Gasteiger partial charge on any atom is 0.251 e. The van der Waals surface area contributed by atoms with Crippen LogP contribution in [0.4, 0.5) is 0 Å². The van der Waals surface area contributed by atoms with Crippen molar-refractivity contribution < 1.29 is 9.90 Å². The molecule has 1 amide bonds. The van der Waals surface area contributed by atoms with E-state index in [1.54, 1.807) is 30.0 Å². The van der Waals surface area contributed by atoms with Crippen LogP contribution in [-0.2, 0) is 0 Å². The number of thioether (sulfide) groups is 1. The molecule has 0 aliphatic heterocycles. The molecule has 0 aromatic heterocycles. The van der Waals surface area contributed by atoms with Crippen molar-refractivity contribution in [1.29, 1.82) is 0 Å². The maximum absolute atomic E-state index is 12.1. The van der Waals surface area contributed by atoms with Crippen molar-refractivity contribution in [3.05, 3.63) is 35.4 Å². The lowest BCUT2D eigenvalue weighted by Crippen LogP contribution is -2.36. The fourth-order valence-corrected chi connectivity index (χ4v) is 2.33. The van der Waals surface area contributed by atoms with Gasteiger partial charge in [-0.15, -0.1) is 0 Å². The first kappa shape index (κ1) is 15.6. The molecule has 0 radical (unpaired) electrons. The van der Waals surface area contributed by atoms with Crippen LogP contribution < -0.4 is 5.32 Å². The van der Waals surface area contributed by atoms with Crippen LogP contribution in [-0.4, -0.2) is 35.7 Å². The molecule has 1 atom stereocenters. The molecule has 0 aliphatic carbocycles. The Balaban J connectivity index is 2.76. The van der Waals surface area contributed by atoms with E-state index in [4.69, 9.17) is 5.11 Å². The lowest BCUT2D eigenvalue weighted by atomic mass is 10.1. The molecule has 2 N–H and O–H groups in total. The van der Waals surface area contributed by atoms with Gasteiger partial charge in [0.2, 0.25) is 0 Å². The fraction of sp³-hybridized carbons (Fsp3) is 0.400. The van der Waals surface area contributed by atoms with Crippen LogP contribution >= 0.6 is 11.8 Å². The second kappa shape index (κ2) is 8.63. The van der Waals surface area contributed by atoms with E-state index in [0.717, 1.165) is 17.7 Å². The monoisotopic (exact) mass is 277 g/mol. The maximum atomic E-state index is 12.1. The van der Waals surface area contributed by atoms with Gasteiger partial charge in [-0.2, -0.15) is 11.8 Å². The Hall–Kier alpha value is -1.44. The van der Waals surface area contributed by atoms with E-state index in [1.165, 1.54) is 0 Å². The SMILES string of the molecule is CCC(CSC)NC(=O)c1cccc(C#CCO)c1. The Kier molecular flexibility index (Phi) is 7.09. The average molecular weight is 277 g/mol. The number of rotatable bonds is 5. The molecule has 19 heavy (non-hydrogen) atoms. The van der Waals surface area contributed by atoms with Crippen LogP contribution in [0, 0.1) is 11.8 Å². The molecule has 0 heterocycles. The van der Waals surface area contributed by atoms with Gasteiger partial charge >= 0.3 is 0 Å². The number of amides is 1. The van der Waals surface area contributed by atoms with E-state index >= 15 is 0 Å². The highest BCUT2D eigenvalue weighted by atomic mass is 32.2. The second-order valence-electron chi connectivity index (χ2n) is 4.07. The zero-order chi connectivity index (χ0) is 14.1. The summed E-state index contributed by atoms with van der Waals surface area (Å²) in [6, 6.07) is 7.31. The number of aliphatic hydroxyl groups is 1. The van der Waals surface area contributed by atoms with Gasteiger partial charge in [0.15, 0.2) is 0 Å². The number of aliphatic hydroxyl groups excluding tert-OH is 1. The van der Waals surface area contributed by atoms with Gasteiger partial charge in [-0.1, -0.05) is 24.8 Å². The molecule has 0 saturated heterocycles. The third kappa shape index (κ3) is 5.37. The van der Waals surface area contributed by atoms with Crippen molar-refractivity contribution in [2.75, 3.05) is 18.6 Å². The molecule has 0 bridgehead atoms. The summed E-state index contributed by atoms with van der Waals surface area (Å²) in [5, 5.41) is 11.7. The van der Waals surface area contributed by atoms with Gasteiger partial charge < -0.3 is 10.4 Å². The van der Waals surface area contributed by atoms with Crippen molar-refractivity contribution in [1.82, 2.24) is 5.32 Å². The molecular weight excluding hydrogens is 258 g/mol. The Morgan fingerprint density at radius 1 is 1.53 bits per heavy atom. The summed E-state index contributed by atoms with van der Waals surface area (Å²) in [6.07, 6.45) is 2.94. The van der Waals surface area contributed by atoms with Gasteiger partial charge in [0, 0.05) is 22.9 Å². The molecule has 1 aromatic carbocycles. The number of carbonyl (C=O) groups is 1. The molecule has 4 heteroatoms. The van der Waals surface area contributed by atoms with Gasteiger partial charge in [-0.3, -0.25) is 4.79 Å². The first-order chi connectivity index (χ1) is 9.21. The van der Waals surface area contributed by atoms with Crippen LogP contribution in [0.3, 0.4) is 0 Å². The topological polar surface area (TPSA) is 49.3 Å². The van der Waals surface area contributed by atoms with Crippen LogP contribution in [0.15, 0.2) is 24.3 Å². The van der Waals surface area contributed by atoms with Crippen molar-refractivity contribution in [3.8, 4) is 11.8 Å². The number of hydrogen-bond acceptors (Lipinski definition) is 3. The Morgan fingerprint density at radius 3 is 2.95 bits per heavy atom. The van der Waals surface area contributed by atoms with Gasteiger partial charge in [0.1, 0.15) is 6.61 Å². The molecule has 0 aliphatic rings. The highest BCUT2D eigenvalue weighted by molar-refractivity contribution is 7.98. The summed E-state index contributed by atoms with van der Waals surface area (Å²) in [5.74, 6) is 6.20. The fourth-order valence-electron chi connectivity index (χ4n) is 1.61. The summed E-state index contributed by atoms with van der Waals surface area (Å²) in [7, 11) is 0. The summed E-state index contributed by atoms with van der Waals surface area (Å²) < 4.78 is 0. The van der Waals surface area contributed by atoms with E-state index in [0.29, 0.717) is 5.56 Å².